The average Bonchev–Trinajstić information content (AvgIpc) is 3.03. The van der Waals surface area contributed by atoms with Crippen molar-refractivity contribution in [3.8, 4) is 0 Å². The topological polar surface area (TPSA) is 21.8 Å². The van der Waals surface area contributed by atoms with Crippen LogP contribution in [0.1, 0.15) is 45.4 Å². The molecule has 1 saturated heterocycles. The van der Waals surface area contributed by atoms with E-state index in [0.717, 1.165) is 25.7 Å². The standard InChI is InChI=1S/C18H24O2/c1-4-6-12-9-17(3)10-13(7-5-2)20-18(17)11-16-15(19-16)8-14(12)18/h4-5,12-14H,1-2,6-11H2,3H3/t12-,13-,14-,17-,18-/m1/s1. The summed E-state index contributed by atoms with van der Waals surface area (Å²) in [6, 6.07) is 0. The first-order valence-electron chi connectivity index (χ1n) is 7.91. The molecular formula is C18H24O2. The van der Waals surface area contributed by atoms with Crippen molar-refractivity contribution in [1.29, 1.82) is 0 Å². The third-order valence-electron chi connectivity index (χ3n) is 6.20. The molecule has 5 atom stereocenters. The zero-order valence-corrected chi connectivity index (χ0v) is 12.4. The van der Waals surface area contributed by atoms with Gasteiger partial charge in [0.05, 0.1) is 11.7 Å². The van der Waals surface area contributed by atoms with Gasteiger partial charge in [-0.05, 0) is 37.5 Å². The summed E-state index contributed by atoms with van der Waals surface area (Å²) in [5.74, 6) is 3.81. The van der Waals surface area contributed by atoms with Gasteiger partial charge in [-0.15, -0.1) is 13.2 Å². The molecule has 1 saturated carbocycles. The van der Waals surface area contributed by atoms with Gasteiger partial charge in [0.1, 0.15) is 11.5 Å². The van der Waals surface area contributed by atoms with Crippen molar-refractivity contribution in [2.24, 2.45) is 17.3 Å². The van der Waals surface area contributed by atoms with Crippen LogP contribution in [0.4, 0.5) is 0 Å². The van der Waals surface area contributed by atoms with Gasteiger partial charge < -0.3 is 9.47 Å². The van der Waals surface area contributed by atoms with Crippen molar-refractivity contribution in [3.05, 3.63) is 36.8 Å². The van der Waals surface area contributed by atoms with Gasteiger partial charge in [-0.1, -0.05) is 19.1 Å². The van der Waals surface area contributed by atoms with Crippen molar-refractivity contribution >= 4 is 0 Å². The molecule has 2 fully saturated rings. The quantitative estimate of drug-likeness (QED) is 0.710. The molecule has 0 aromatic carbocycles. The molecule has 0 N–H and O–H groups in total. The van der Waals surface area contributed by atoms with E-state index in [9.17, 15) is 0 Å². The van der Waals surface area contributed by atoms with E-state index in [4.69, 9.17) is 9.47 Å². The molecule has 4 aliphatic rings. The minimum atomic E-state index is 0.0175. The smallest absolute Gasteiger partial charge is 0.145 e. The van der Waals surface area contributed by atoms with Gasteiger partial charge >= 0.3 is 0 Å². The van der Waals surface area contributed by atoms with Gasteiger partial charge in [0.2, 0.25) is 0 Å². The lowest BCUT2D eigenvalue weighted by molar-refractivity contribution is -0.103. The molecular weight excluding hydrogens is 248 g/mol. The number of ether oxygens (including phenoxy) is 2. The Morgan fingerprint density at radius 3 is 2.75 bits per heavy atom. The van der Waals surface area contributed by atoms with Crippen LogP contribution in [-0.4, -0.2) is 11.7 Å². The Morgan fingerprint density at radius 1 is 1.20 bits per heavy atom. The number of hydrogen-bond acceptors (Lipinski definition) is 2. The molecule has 4 rings (SSSR count). The van der Waals surface area contributed by atoms with Crippen molar-refractivity contribution < 1.29 is 9.47 Å². The zero-order valence-electron chi connectivity index (χ0n) is 12.4. The molecule has 2 heteroatoms. The number of allylic oxidation sites excluding steroid dienone is 2. The molecule has 108 valence electrons. The fraction of sp³-hybridized carbons (Fsp3) is 0.667. The first-order chi connectivity index (χ1) is 9.62. The lowest BCUT2D eigenvalue weighted by atomic mass is 9.68. The zero-order chi connectivity index (χ0) is 14.0. The fourth-order valence-electron chi connectivity index (χ4n) is 5.40. The van der Waals surface area contributed by atoms with Gasteiger partial charge in [-0.25, -0.2) is 0 Å². The van der Waals surface area contributed by atoms with Crippen LogP contribution >= 0.6 is 0 Å². The second-order valence-corrected chi connectivity index (χ2v) is 7.34. The Morgan fingerprint density at radius 2 is 2.00 bits per heavy atom. The molecule has 2 heterocycles. The summed E-state index contributed by atoms with van der Waals surface area (Å²) in [7, 11) is 0. The predicted molar refractivity (Wildman–Crippen MR) is 78.9 cm³/mol. The molecule has 1 spiro atoms. The first-order valence-corrected chi connectivity index (χ1v) is 7.91. The summed E-state index contributed by atoms with van der Waals surface area (Å²) in [5.41, 5.74) is 0.313. The molecule has 0 bridgehead atoms. The number of rotatable bonds is 4. The summed E-state index contributed by atoms with van der Waals surface area (Å²) in [6.07, 6.45) is 11.1. The maximum atomic E-state index is 6.67. The van der Waals surface area contributed by atoms with Gasteiger partial charge in [0.25, 0.3) is 0 Å². The summed E-state index contributed by atoms with van der Waals surface area (Å²) >= 11 is 0. The van der Waals surface area contributed by atoms with Crippen molar-refractivity contribution in [1.82, 2.24) is 0 Å². The van der Waals surface area contributed by atoms with E-state index in [1.807, 2.05) is 6.08 Å². The second kappa shape index (κ2) is 4.00. The lowest BCUT2D eigenvalue weighted by Gasteiger charge is -2.41. The predicted octanol–water partition coefficient (Wildman–Crippen LogP) is 4.34. The van der Waals surface area contributed by atoms with E-state index in [0.29, 0.717) is 23.4 Å². The average molecular weight is 272 g/mol. The first kappa shape index (κ1) is 12.7. The maximum absolute atomic E-state index is 6.67. The van der Waals surface area contributed by atoms with E-state index < -0.39 is 0 Å². The molecule has 2 nitrogen and oxygen atoms in total. The molecule has 0 radical (unpaired) electrons. The summed E-state index contributed by atoms with van der Waals surface area (Å²) in [6.45, 7) is 10.3. The third kappa shape index (κ3) is 1.49. The Hall–Kier alpha value is -1.02. The summed E-state index contributed by atoms with van der Waals surface area (Å²) in [4.78, 5) is 0. The highest BCUT2D eigenvalue weighted by molar-refractivity contribution is 5.32. The van der Waals surface area contributed by atoms with Gasteiger partial charge in [0.15, 0.2) is 0 Å². The monoisotopic (exact) mass is 272 g/mol. The van der Waals surface area contributed by atoms with Crippen LogP contribution in [0.3, 0.4) is 0 Å². The Labute approximate surface area is 121 Å². The Bertz CT molecular complexity index is 506. The van der Waals surface area contributed by atoms with Crippen LogP contribution in [0.25, 0.3) is 0 Å². The molecule has 0 aromatic rings. The fourth-order valence-corrected chi connectivity index (χ4v) is 5.40. The van der Waals surface area contributed by atoms with Crippen LogP contribution in [0, 0.1) is 17.3 Å². The maximum Gasteiger partial charge on any atom is 0.145 e. The van der Waals surface area contributed by atoms with Crippen LogP contribution in [0.2, 0.25) is 0 Å². The van der Waals surface area contributed by atoms with Crippen LogP contribution in [0.5, 0.6) is 0 Å². The Balaban J connectivity index is 1.70. The highest BCUT2D eigenvalue weighted by atomic mass is 16.6. The summed E-state index contributed by atoms with van der Waals surface area (Å²) < 4.78 is 12.4. The highest BCUT2D eigenvalue weighted by Crippen LogP contribution is 2.69. The molecule has 0 aromatic heterocycles. The van der Waals surface area contributed by atoms with Gasteiger partial charge in [0, 0.05) is 18.3 Å². The molecule has 0 unspecified atom stereocenters. The third-order valence-corrected chi connectivity index (χ3v) is 6.20. The lowest BCUT2D eigenvalue weighted by Crippen LogP contribution is -2.45. The number of hydrogen-bond donors (Lipinski definition) is 0. The second-order valence-electron chi connectivity index (χ2n) is 7.34. The molecule has 20 heavy (non-hydrogen) atoms. The molecule has 0 amide bonds. The van der Waals surface area contributed by atoms with Gasteiger partial charge in [-0.2, -0.15) is 0 Å². The van der Waals surface area contributed by atoms with E-state index in [-0.39, 0.29) is 5.60 Å². The van der Waals surface area contributed by atoms with E-state index in [1.165, 1.54) is 24.4 Å². The Kier molecular flexibility index (Phi) is 2.54. The van der Waals surface area contributed by atoms with Crippen molar-refractivity contribution in [3.63, 3.8) is 0 Å². The van der Waals surface area contributed by atoms with Crippen molar-refractivity contribution in [2.75, 3.05) is 0 Å². The van der Waals surface area contributed by atoms with Crippen LogP contribution < -0.4 is 0 Å². The largest absolute Gasteiger partial charge is 0.459 e. The van der Waals surface area contributed by atoms with E-state index in [1.54, 1.807) is 0 Å². The minimum Gasteiger partial charge on any atom is -0.459 e. The minimum absolute atomic E-state index is 0.0175. The normalized spacial score (nSPS) is 48.1. The van der Waals surface area contributed by atoms with Crippen molar-refractivity contribution in [2.45, 2.75) is 57.2 Å². The summed E-state index contributed by atoms with van der Waals surface area (Å²) in [5, 5.41) is 0. The highest BCUT2D eigenvalue weighted by Gasteiger charge is 2.69. The van der Waals surface area contributed by atoms with E-state index in [2.05, 4.69) is 26.2 Å². The SMILES string of the molecule is C=CC[C@@H]1C[C@@]2(C)C[C@@H](CC=C)[C@H]3CC4=C(C[C@@]32O1)O4. The molecule has 2 aliphatic heterocycles. The van der Waals surface area contributed by atoms with Crippen LogP contribution in [0.15, 0.2) is 36.8 Å². The van der Waals surface area contributed by atoms with Crippen LogP contribution in [-0.2, 0) is 9.47 Å². The molecule has 2 aliphatic carbocycles. The van der Waals surface area contributed by atoms with Gasteiger partial charge in [-0.3, -0.25) is 0 Å². The van der Waals surface area contributed by atoms with E-state index >= 15 is 0 Å².